The van der Waals surface area contributed by atoms with E-state index in [9.17, 15) is 9.59 Å². The molecule has 20 heavy (non-hydrogen) atoms. The molecule has 0 radical (unpaired) electrons. The predicted molar refractivity (Wildman–Crippen MR) is 70.3 cm³/mol. The molecule has 3 aliphatic heterocycles. The molecule has 3 aliphatic rings. The first-order chi connectivity index (χ1) is 9.70. The molecule has 0 spiro atoms. The Labute approximate surface area is 115 Å². The Morgan fingerprint density at radius 3 is 2.05 bits per heavy atom. The third-order valence-electron chi connectivity index (χ3n) is 4.24. The molecule has 0 N–H and O–H groups in total. The number of imide groups is 1. The van der Waals surface area contributed by atoms with E-state index in [0.717, 1.165) is 0 Å². The number of hydrogen-bond acceptors (Lipinski definition) is 4. The van der Waals surface area contributed by atoms with Gasteiger partial charge < -0.3 is 9.47 Å². The molecule has 2 amide bonds. The van der Waals surface area contributed by atoms with E-state index < -0.39 is 0 Å². The van der Waals surface area contributed by atoms with Gasteiger partial charge in [0.05, 0.1) is 36.8 Å². The molecule has 2 bridgehead atoms. The molecule has 0 unspecified atom stereocenters. The molecular weight excluding hydrogens is 258 g/mol. The Kier molecular flexibility index (Phi) is 2.29. The van der Waals surface area contributed by atoms with Gasteiger partial charge in [0.25, 0.3) is 0 Å². The summed E-state index contributed by atoms with van der Waals surface area (Å²) in [7, 11) is 1.58. The highest BCUT2D eigenvalue weighted by Gasteiger charge is 2.60. The summed E-state index contributed by atoms with van der Waals surface area (Å²) in [5.41, 5.74) is 0.592. The second-order valence-corrected chi connectivity index (χ2v) is 5.21. The average molecular weight is 271 g/mol. The van der Waals surface area contributed by atoms with Crippen LogP contribution in [0.1, 0.15) is 0 Å². The van der Waals surface area contributed by atoms with Crippen LogP contribution in [0.2, 0.25) is 0 Å². The summed E-state index contributed by atoms with van der Waals surface area (Å²) < 4.78 is 10.7. The third kappa shape index (κ3) is 1.35. The monoisotopic (exact) mass is 271 g/mol. The van der Waals surface area contributed by atoms with Crippen molar-refractivity contribution in [1.82, 2.24) is 0 Å². The van der Waals surface area contributed by atoms with Crippen molar-refractivity contribution in [2.24, 2.45) is 11.8 Å². The zero-order valence-electron chi connectivity index (χ0n) is 10.9. The van der Waals surface area contributed by atoms with Crippen LogP contribution in [0.3, 0.4) is 0 Å². The number of carbonyl (C=O) groups excluding carboxylic acids is 2. The van der Waals surface area contributed by atoms with Crippen molar-refractivity contribution in [3.8, 4) is 5.75 Å². The Morgan fingerprint density at radius 2 is 1.55 bits per heavy atom. The zero-order chi connectivity index (χ0) is 13.9. The molecule has 0 saturated carbocycles. The molecule has 2 saturated heterocycles. The summed E-state index contributed by atoms with van der Waals surface area (Å²) in [6.45, 7) is 0. The second-order valence-electron chi connectivity index (χ2n) is 5.21. The van der Waals surface area contributed by atoms with Crippen LogP contribution >= 0.6 is 0 Å². The van der Waals surface area contributed by atoms with Gasteiger partial charge in [-0.15, -0.1) is 0 Å². The van der Waals surface area contributed by atoms with Crippen LogP contribution in [0.15, 0.2) is 36.4 Å². The minimum atomic E-state index is -0.361. The number of rotatable bonds is 2. The standard InChI is InChI=1S/C15H13NO4/c1-19-9-4-2-8(3-5-9)16-14(17)12-10-6-7-11(20-10)13(12)15(16)18/h2-7,10-13H,1H3/t10-,11+,12+,13-. The Morgan fingerprint density at radius 1 is 1.00 bits per heavy atom. The van der Waals surface area contributed by atoms with Gasteiger partial charge >= 0.3 is 0 Å². The SMILES string of the molecule is COc1ccc(N2C(=O)[C@@H]3[C@H](C2=O)[C@@H]2C=C[C@H]3O2)cc1. The quantitative estimate of drug-likeness (QED) is 0.598. The van der Waals surface area contributed by atoms with Crippen LogP contribution < -0.4 is 9.64 Å². The van der Waals surface area contributed by atoms with Crippen LogP contribution in [0.25, 0.3) is 0 Å². The Hall–Kier alpha value is -2.14. The molecular formula is C15H13NO4. The number of carbonyl (C=O) groups is 2. The van der Waals surface area contributed by atoms with Crippen molar-refractivity contribution < 1.29 is 19.1 Å². The number of anilines is 1. The molecule has 1 aromatic carbocycles. The molecule has 0 aromatic heterocycles. The van der Waals surface area contributed by atoms with Crippen molar-refractivity contribution in [3.05, 3.63) is 36.4 Å². The van der Waals surface area contributed by atoms with Crippen molar-refractivity contribution in [2.45, 2.75) is 12.2 Å². The van der Waals surface area contributed by atoms with Gasteiger partial charge in [0.1, 0.15) is 5.75 Å². The maximum Gasteiger partial charge on any atom is 0.240 e. The van der Waals surface area contributed by atoms with Crippen molar-refractivity contribution in [3.63, 3.8) is 0 Å². The fourth-order valence-corrected chi connectivity index (χ4v) is 3.29. The molecule has 5 heteroatoms. The molecule has 4 atom stereocenters. The smallest absolute Gasteiger partial charge is 0.240 e. The van der Waals surface area contributed by atoms with E-state index in [-0.39, 0.29) is 35.9 Å². The lowest BCUT2D eigenvalue weighted by Crippen LogP contribution is -2.34. The van der Waals surface area contributed by atoms with E-state index in [2.05, 4.69) is 0 Å². The van der Waals surface area contributed by atoms with Crippen molar-refractivity contribution in [2.75, 3.05) is 12.0 Å². The van der Waals surface area contributed by atoms with Crippen molar-refractivity contribution in [1.29, 1.82) is 0 Å². The summed E-state index contributed by atoms with van der Waals surface area (Å²) in [5.74, 6) is -0.360. The molecule has 1 aromatic rings. The van der Waals surface area contributed by atoms with E-state index in [1.165, 1.54) is 4.90 Å². The number of nitrogens with zero attached hydrogens (tertiary/aromatic N) is 1. The highest BCUT2D eigenvalue weighted by molar-refractivity contribution is 6.23. The Bertz CT molecular complexity index is 591. The zero-order valence-corrected chi connectivity index (χ0v) is 10.9. The molecule has 2 fully saturated rings. The van der Waals surface area contributed by atoms with Crippen LogP contribution in [0.4, 0.5) is 5.69 Å². The molecule has 5 nitrogen and oxygen atoms in total. The van der Waals surface area contributed by atoms with E-state index >= 15 is 0 Å². The number of amides is 2. The summed E-state index contributed by atoms with van der Waals surface area (Å²) in [4.78, 5) is 26.3. The number of ether oxygens (including phenoxy) is 2. The third-order valence-corrected chi connectivity index (χ3v) is 4.24. The van der Waals surface area contributed by atoms with Gasteiger partial charge in [-0.1, -0.05) is 12.2 Å². The molecule has 102 valence electrons. The number of methoxy groups -OCH3 is 1. The lowest BCUT2D eigenvalue weighted by molar-refractivity contribution is -0.124. The summed E-state index contributed by atoms with van der Waals surface area (Å²) in [5, 5.41) is 0. The summed E-state index contributed by atoms with van der Waals surface area (Å²) >= 11 is 0. The summed E-state index contributed by atoms with van der Waals surface area (Å²) in [6, 6.07) is 6.94. The highest BCUT2D eigenvalue weighted by atomic mass is 16.5. The largest absolute Gasteiger partial charge is 0.497 e. The Balaban J connectivity index is 1.70. The van der Waals surface area contributed by atoms with Gasteiger partial charge in [-0.05, 0) is 24.3 Å². The molecule has 3 heterocycles. The van der Waals surface area contributed by atoms with Crippen LogP contribution in [-0.2, 0) is 14.3 Å². The van der Waals surface area contributed by atoms with Gasteiger partial charge in [0, 0.05) is 0 Å². The lowest BCUT2D eigenvalue weighted by Gasteiger charge is -2.17. The minimum Gasteiger partial charge on any atom is -0.497 e. The van der Waals surface area contributed by atoms with Gasteiger partial charge in [0.15, 0.2) is 0 Å². The molecule has 0 aliphatic carbocycles. The average Bonchev–Trinajstić information content (AvgIpc) is 3.14. The van der Waals surface area contributed by atoms with Gasteiger partial charge in [0.2, 0.25) is 11.8 Å². The number of fused-ring (bicyclic) bond motifs is 5. The van der Waals surface area contributed by atoms with Gasteiger partial charge in [-0.3, -0.25) is 9.59 Å². The van der Waals surface area contributed by atoms with Gasteiger partial charge in [-0.25, -0.2) is 4.90 Å². The summed E-state index contributed by atoms with van der Waals surface area (Å²) in [6.07, 6.45) is 3.28. The minimum absolute atomic E-state index is 0.165. The topological polar surface area (TPSA) is 55.8 Å². The maximum atomic E-state index is 12.5. The maximum absolute atomic E-state index is 12.5. The fraction of sp³-hybridized carbons (Fsp3) is 0.333. The first-order valence-electron chi connectivity index (χ1n) is 6.56. The first-order valence-corrected chi connectivity index (χ1v) is 6.56. The molecule has 4 rings (SSSR count). The number of hydrogen-bond donors (Lipinski definition) is 0. The van der Waals surface area contributed by atoms with E-state index in [4.69, 9.17) is 9.47 Å². The second kappa shape index (κ2) is 3.93. The van der Waals surface area contributed by atoms with E-state index in [0.29, 0.717) is 11.4 Å². The van der Waals surface area contributed by atoms with Gasteiger partial charge in [-0.2, -0.15) is 0 Å². The van der Waals surface area contributed by atoms with Crippen LogP contribution in [-0.4, -0.2) is 31.1 Å². The van der Waals surface area contributed by atoms with E-state index in [1.807, 2.05) is 12.2 Å². The van der Waals surface area contributed by atoms with Crippen LogP contribution in [0, 0.1) is 11.8 Å². The van der Waals surface area contributed by atoms with E-state index in [1.54, 1.807) is 31.4 Å². The van der Waals surface area contributed by atoms with Crippen molar-refractivity contribution >= 4 is 17.5 Å². The number of benzene rings is 1. The fourth-order valence-electron chi connectivity index (χ4n) is 3.29. The van der Waals surface area contributed by atoms with Crippen LogP contribution in [0.5, 0.6) is 5.75 Å². The first kappa shape index (κ1) is 11.7. The lowest BCUT2D eigenvalue weighted by atomic mass is 9.85. The normalized spacial score (nSPS) is 34.0. The highest BCUT2D eigenvalue weighted by Crippen LogP contribution is 2.46. The predicted octanol–water partition coefficient (Wildman–Crippen LogP) is 1.14.